The maximum atomic E-state index is 12.3. The standard InChI is InChI=1S/C18H16Cl2O3/c1-10-7-12(3)14(8-11(10)2)16(21)9-23-18(22)13-5-4-6-15(19)17(13)20/h4-8H,9H2,1-3H3. The van der Waals surface area contributed by atoms with Crippen LogP contribution in [0.25, 0.3) is 0 Å². The molecule has 0 radical (unpaired) electrons. The van der Waals surface area contributed by atoms with Gasteiger partial charge in [0.15, 0.2) is 6.61 Å². The van der Waals surface area contributed by atoms with Crippen LogP contribution in [0.15, 0.2) is 30.3 Å². The number of halogens is 2. The van der Waals surface area contributed by atoms with Crippen LogP contribution in [-0.2, 0) is 4.74 Å². The van der Waals surface area contributed by atoms with Crippen LogP contribution in [-0.4, -0.2) is 18.4 Å². The third-order valence-electron chi connectivity index (χ3n) is 3.65. The highest BCUT2D eigenvalue weighted by Crippen LogP contribution is 2.26. The minimum Gasteiger partial charge on any atom is -0.454 e. The van der Waals surface area contributed by atoms with Gasteiger partial charge in [0.1, 0.15) is 0 Å². The van der Waals surface area contributed by atoms with Gasteiger partial charge in [0.05, 0.1) is 15.6 Å². The van der Waals surface area contributed by atoms with E-state index in [0.29, 0.717) is 5.56 Å². The molecule has 2 rings (SSSR count). The lowest BCUT2D eigenvalue weighted by molar-refractivity contribution is 0.0474. The number of hydrogen-bond donors (Lipinski definition) is 0. The number of carbonyl (C=O) groups is 2. The van der Waals surface area contributed by atoms with Crippen molar-refractivity contribution in [3.05, 3.63) is 68.2 Å². The van der Waals surface area contributed by atoms with Crippen LogP contribution >= 0.6 is 23.2 Å². The summed E-state index contributed by atoms with van der Waals surface area (Å²) in [6.45, 7) is 5.43. The number of esters is 1. The Morgan fingerprint density at radius 3 is 2.30 bits per heavy atom. The van der Waals surface area contributed by atoms with Crippen molar-refractivity contribution in [1.29, 1.82) is 0 Å². The molecule has 2 aromatic carbocycles. The van der Waals surface area contributed by atoms with Gasteiger partial charge < -0.3 is 4.74 Å². The number of hydrogen-bond acceptors (Lipinski definition) is 3. The molecule has 0 spiro atoms. The number of aryl methyl sites for hydroxylation is 3. The van der Waals surface area contributed by atoms with Gasteiger partial charge in [0.25, 0.3) is 0 Å². The minimum absolute atomic E-state index is 0.119. The lowest BCUT2D eigenvalue weighted by Crippen LogP contribution is -2.16. The molecule has 0 saturated heterocycles. The number of ketones is 1. The zero-order valence-electron chi connectivity index (χ0n) is 13.1. The van der Waals surface area contributed by atoms with E-state index in [0.717, 1.165) is 16.7 Å². The third kappa shape index (κ3) is 3.92. The Bertz CT molecular complexity index is 782. The van der Waals surface area contributed by atoms with Gasteiger partial charge in [-0.3, -0.25) is 4.79 Å². The first-order valence-corrected chi connectivity index (χ1v) is 7.79. The Balaban J connectivity index is 2.12. The van der Waals surface area contributed by atoms with Crippen molar-refractivity contribution in [2.45, 2.75) is 20.8 Å². The van der Waals surface area contributed by atoms with E-state index in [1.54, 1.807) is 12.1 Å². The zero-order chi connectivity index (χ0) is 17.1. The van der Waals surface area contributed by atoms with E-state index in [1.807, 2.05) is 32.9 Å². The summed E-state index contributed by atoms with van der Waals surface area (Å²) in [4.78, 5) is 24.3. The fourth-order valence-electron chi connectivity index (χ4n) is 2.21. The number of rotatable bonds is 4. The highest BCUT2D eigenvalue weighted by atomic mass is 35.5. The second kappa shape index (κ2) is 7.16. The van der Waals surface area contributed by atoms with Crippen LogP contribution in [0.1, 0.15) is 37.4 Å². The number of benzene rings is 2. The van der Waals surface area contributed by atoms with Gasteiger partial charge in [-0.05, 0) is 55.7 Å². The van der Waals surface area contributed by atoms with Gasteiger partial charge in [-0.25, -0.2) is 4.79 Å². The van der Waals surface area contributed by atoms with Crippen LogP contribution in [0.4, 0.5) is 0 Å². The second-order valence-electron chi connectivity index (χ2n) is 5.35. The first-order chi connectivity index (χ1) is 10.8. The molecular formula is C18H16Cl2O3. The van der Waals surface area contributed by atoms with Gasteiger partial charge >= 0.3 is 5.97 Å². The molecule has 0 bridgehead atoms. The Morgan fingerprint density at radius 2 is 1.61 bits per heavy atom. The Hall–Kier alpha value is -1.84. The van der Waals surface area contributed by atoms with Crippen LogP contribution < -0.4 is 0 Å². The van der Waals surface area contributed by atoms with E-state index in [2.05, 4.69) is 0 Å². The van der Waals surface area contributed by atoms with Crippen LogP contribution in [0.3, 0.4) is 0 Å². The minimum atomic E-state index is -0.674. The largest absolute Gasteiger partial charge is 0.454 e. The monoisotopic (exact) mass is 350 g/mol. The SMILES string of the molecule is Cc1cc(C)c(C(=O)COC(=O)c2cccc(Cl)c2Cl)cc1C. The van der Waals surface area contributed by atoms with Crippen molar-refractivity contribution in [1.82, 2.24) is 0 Å². The lowest BCUT2D eigenvalue weighted by Gasteiger charge is -2.10. The van der Waals surface area contributed by atoms with E-state index < -0.39 is 5.97 Å². The van der Waals surface area contributed by atoms with E-state index >= 15 is 0 Å². The highest BCUT2D eigenvalue weighted by molar-refractivity contribution is 6.43. The predicted molar refractivity (Wildman–Crippen MR) is 91.7 cm³/mol. The number of Topliss-reactive ketones (excluding diaryl/α,β-unsaturated/α-hetero) is 1. The molecule has 5 heteroatoms. The lowest BCUT2D eigenvalue weighted by atomic mass is 9.98. The number of ether oxygens (including phenoxy) is 1. The fraction of sp³-hybridized carbons (Fsp3) is 0.222. The van der Waals surface area contributed by atoms with Crippen molar-refractivity contribution < 1.29 is 14.3 Å². The molecule has 0 unspecified atom stereocenters. The fourth-order valence-corrected chi connectivity index (χ4v) is 2.59. The smallest absolute Gasteiger partial charge is 0.340 e. The topological polar surface area (TPSA) is 43.4 Å². The van der Waals surface area contributed by atoms with E-state index in [-0.39, 0.29) is 28.0 Å². The van der Waals surface area contributed by atoms with Gasteiger partial charge in [0.2, 0.25) is 5.78 Å². The molecular weight excluding hydrogens is 335 g/mol. The molecule has 0 amide bonds. The molecule has 0 aliphatic rings. The molecule has 120 valence electrons. The molecule has 0 aliphatic carbocycles. The summed E-state index contributed by atoms with van der Waals surface area (Å²) in [7, 11) is 0. The summed E-state index contributed by atoms with van der Waals surface area (Å²) in [6.07, 6.45) is 0. The summed E-state index contributed by atoms with van der Waals surface area (Å²) in [5.41, 5.74) is 3.68. The molecule has 0 heterocycles. The van der Waals surface area contributed by atoms with Crippen LogP contribution in [0, 0.1) is 20.8 Å². The quantitative estimate of drug-likeness (QED) is 0.578. The van der Waals surface area contributed by atoms with Crippen molar-refractivity contribution in [3.8, 4) is 0 Å². The molecule has 0 N–H and O–H groups in total. The molecule has 3 nitrogen and oxygen atoms in total. The summed E-state index contributed by atoms with van der Waals surface area (Å²) in [5, 5.41) is 0.381. The normalized spacial score (nSPS) is 10.5. The molecule has 0 atom stereocenters. The summed E-state index contributed by atoms with van der Waals surface area (Å²) in [5.74, 6) is -0.926. The van der Waals surface area contributed by atoms with Gasteiger partial charge in [0, 0.05) is 5.56 Å². The maximum absolute atomic E-state index is 12.3. The average molecular weight is 351 g/mol. The average Bonchev–Trinajstić information content (AvgIpc) is 2.51. The molecule has 0 aromatic heterocycles. The zero-order valence-corrected chi connectivity index (χ0v) is 14.6. The highest BCUT2D eigenvalue weighted by Gasteiger charge is 2.17. The Morgan fingerprint density at radius 1 is 0.957 bits per heavy atom. The Labute approximate surface area is 145 Å². The molecule has 23 heavy (non-hydrogen) atoms. The summed E-state index contributed by atoms with van der Waals surface area (Å²) < 4.78 is 5.07. The molecule has 0 fully saturated rings. The predicted octanol–water partition coefficient (Wildman–Crippen LogP) is 4.96. The molecule has 2 aromatic rings. The molecule has 0 aliphatic heterocycles. The first-order valence-electron chi connectivity index (χ1n) is 7.03. The third-order valence-corrected chi connectivity index (χ3v) is 4.47. The van der Waals surface area contributed by atoms with Crippen molar-refractivity contribution in [2.24, 2.45) is 0 Å². The summed E-state index contributed by atoms with van der Waals surface area (Å²) in [6, 6.07) is 8.43. The van der Waals surface area contributed by atoms with E-state index in [4.69, 9.17) is 27.9 Å². The van der Waals surface area contributed by atoms with Gasteiger partial charge in [-0.2, -0.15) is 0 Å². The number of carbonyl (C=O) groups excluding carboxylic acids is 2. The van der Waals surface area contributed by atoms with Crippen LogP contribution in [0.2, 0.25) is 10.0 Å². The van der Waals surface area contributed by atoms with E-state index in [9.17, 15) is 9.59 Å². The van der Waals surface area contributed by atoms with Crippen molar-refractivity contribution in [3.63, 3.8) is 0 Å². The van der Waals surface area contributed by atoms with Crippen LogP contribution in [0.5, 0.6) is 0 Å². The van der Waals surface area contributed by atoms with E-state index in [1.165, 1.54) is 6.07 Å². The Kier molecular flexibility index (Phi) is 5.45. The second-order valence-corrected chi connectivity index (χ2v) is 6.14. The van der Waals surface area contributed by atoms with Crippen molar-refractivity contribution >= 4 is 35.0 Å². The molecule has 0 saturated carbocycles. The maximum Gasteiger partial charge on any atom is 0.340 e. The first kappa shape index (κ1) is 17.5. The van der Waals surface area contributed by atoms with Gasteiger partial charge in [-0.1, -0.05) is 35.3 Å². The summed E-state index contributed by atoms with van der Waals surface area (Å²) >= 11 is 11.8. The van der Waals surface area contributed by atoms with Gasteiger partial charge in [-0.15, -0.1) is 0 Å². The van der Waals surface area contributed by atoms with Crippen molar-refractivity contribution in [2.75, 3.05) is 6.61 Å².